The number of alkyl halides is 1. The van der Waals surface area contributed by atoms with Gasteiger partial charge in [0.2, 0.25) is 0 Å². The minimum absolute atomic E-state index is 0.0208. The number of nitro groups is 1. The van der Waals surface area contributed by atoms with Gasteiger partial charge in [-0.15, -0.1) is 0 Å². The van der Waals surface area contributed by atoms with E-state index in [0.29, 0.717) is 23.7 Å². The molecule has 102 valence electrons. The Bertz CT molecular complexity index is 515. The van der Waals surface area contributed by atoms with Crippen molar-refractivity contribution in [3.05, 3.63) is 39.4 Å². The van der Waals surface area contributed by atoms with E-state index in [9.17, 15) is 14.9 Å². The first-order chi connectivity index (χ1) is 9.04. The molecule has 1 amide bonds. The molecule has 1 aromatic carbocycles. The zero-order chi connectivity index (χ0) is 14.0. The number of aryl methyl sites for hydroxylation is 1. The van der Waals surface area contributed by atoms with Crippen molar-refractivity contribution in [2.75, 3.05) is 11.9 Å². The molecular formula is C13H15BrN2O3. The van der Waals surface area contributed by atoms with Crippen molar-refractivity contribution in [1.82, 2.24) is 4.90 Å². The van der Waals surface area contributed by atoms with Gasteiger partial charge in [0.05, 0.1) is 4.92 Å². The number of carbonyl (C=O) groups excluding carboxylic acids is 1. The highest BCUT2D eigenvalue weighted by Gasteiger charge is 2.33. The zero-order valence-corrected chi connectivity index (χ0v) is 12.2. The summed E-state index contributed by atoms with van der Waals surface area (Å²) in [5.74, 6) is -0.0330. The van der Waals surface area contributed by atoms with Crippen molar-refractivity contribution in [2.24, 2.45) is 0 Å². The molecule has 1 aliphatic carbocycles. The number of hydrogen-bond donors (Lipinski definition) is 0. The summed E-state index contributed by atoms with van der Waals surface area (Å²) in [6, 6.07) is 4.73. The first-order valence-electron chi connectivity index (χ1n) is 6.16. The van der Waals surface area contributed by atoms with Crippen molar-refractivity contribution in [2.45, 2.75) is 25.8 Å². The molecule has 0 atom stereocenters. The van der Waals surface area contributed by atoms with Gasteiger partial charge in [0.25, 0.3) is 11.6 Å². The quantitative estimate of drug-likeness (QED) is 0.474. The fraction of sp³-hybridized carbons (Fsp3) is 0.462. The maximum Gasteiger partial charge on any atom is 0.269 e. The Morgan fingerprint density at radius 1 is 1.53 bits per heavy atom. The van der Waals surface area contributed by atoms with E-state index in [1.165, 1.54) is 12.1 Å². The molecule has 5 nitrogen and oxygen atoms in total. The van der Waals surface area contributed by atoms with Crippen molar-refractivity contribution >= 4 is 27.5 Å². The topological polar surface area (TPSA) is 63.5 Å². The number of amides is 1. The summed E-state index contributed by atoms with van der Waals surface area (Å²) in [5.41, 5.74) is 1.23. The standard InChI is InChI=1S/C13H15BrN2O3/c1-9-8-11(16(18)19)4-5-12(9)13(17)15(7-6-14)10-2-3-10/h4-5,8,10H,2-3,6-7H2,1H3. The molecule has 0 bridgehead atoms. The number of halogens is 1. The van der Waals surface area contributed by atoms with Gasteiger partial charge in [-0.2, -0.15) is 0 Å². The second kappa shape index (κ2) is 5.69. The lowest BCUT2D eigenvalue weighted by atomic mass is 10.1. The Balaban J connectivity index is 2.24. The average Bonchev–Trinajstić information content (AvgIpc) is 3.19. The Hall–Kier alpha value is -1.43. The number of benzene rings is 1. The van der Waals surface area contributed by atoms with Gasteiger partial charge < -0.3 is 4.90 Å². The fourth-order valence-corrected chi connectivity index (χ4v) is 2.47. The summed E-state index contributed by atoms with van der Waals surface area (Å²) >= 11 is 3.35. The molecule has 0 aliphatic heterocycles. The van der Waals surface area contributed by atoms with Crippen LogP contribution in [0.2, 0.25) is 0 Å². The van der Waals surface area contributed by atoms with Crippen LogP contribution < -0.4 is 0 Å². The highest BCUT2D eigenvalue weighted by molar-refractivity contribution is 9.09. The summed E-state index contributed by atoms with van der Waals surface area (Å²) in [6.07, 6.45) is 2.09. The number of non-ortho nitro benzene ring substituents is 1. The predicted octanol–water partition coefficient (Wildman–Crippen LogP) is 2.90. The van der Waals surface area contributed by atoms with Crippen LogP contribution in [-0.4, -0.2) is 33.6 Å². The SMILES string of the molecule is Cc1cc([N+](=O)[O-])ccc1C(=O)N(CCBr)C1CC1. The fourth-order valence-electron chi connectivity index (χ4n) is 2.08. The molecule has 0 saturated heterocycles. The smallest absolute Gasteiger partial charge is 0.269 e. The van der Waals surface area contributed by atoms with Crippen LogP contribution in [0.15, 0.2) is 18.2 Å². The highest BCUT2D eigenvalue weighted by atomic mass is 79.9. The van der Waals surface area contributed by atoms with Gasteiger partial charge in [0.1, 0.15) is 0 Å². The van der Waals surface area contributed by atoms with Gasteiger partial charge >= 0.3 is 0 Å². The Kier molecular flexibility index (Phi) is 4.19. The highest BCUT2D eigenvalue weighted by Crippen LogP contribution is 2.29. The van der Waals surface area contributed by atoms with Gasteiger partial charge in [-0.3, -0.25) is 14.9 Å². The predicted molar refractivity (Wildman–Crippen MR) is 75.7 cm³/mol. The largest absolute Gasteiger partial charge is 0.335 e. The molecule has 2 rings (SSSR count). The molecule has 0 aromatic heterocycles. The van der Waals surface area contributed by atoms with E-state index < -0.39 is 4.92 Å². The third kappa shape index (κ3) is 3.12. The first kappa shape index (κ1) is 14.0. The van der Waals surface area contributed by atoms with Crippen molar-refractivity contribution in [3.63, 3.8) is 0 Å². The minimum atomic E-state index is -0.446. The zero-order valence-electron chi connectivity index (χ0n) is 10.6. The van der Waals surface area contributed by atoms with Gasteiger partial charge in [0, 0.05) is 35.6 Å². The second-order valence-electron chi connectivity index (χ2n) is 4.68. The monoisotopic (exact) mass is 326 g/mol. The van der Waals surface area contributed by atoms with E-state index in [1.807, 2.05) is 4.90 Å². The third-order valence-corrected chi connectivity index (χ3v) is 3.58. The van der Waals surface area contributed by atoms with E-state index in [1.54, 1.807) is 13.0 Å². The molecule has 0 unspecified atom stereocenters. The Morgan fingerprint density at radius 3 is 2.68 bits per heavy atom. The summed E-state index contributed by atoms with van der Waals surface area (Å²) in [6.45, 7) is 2.40. The van der Waals surface area contributed by atoms with E-state index in [4.69, 9.17) is 0 Å². The van der Waals surface area contributed by atoms with E-state index >= 15 is 0 Å². The third-order valence-electron chi connectivity index (χ3n) is 3.23. The molecule has 1 saturated carbocycles. The molecule has 19 heavy (non-hydrogen) atoms. The lowest BCUT2D eigenvalue weighted by molar-refractivity contribution is -0.384. The van der Waals surface area contributed by atoms with Crippen LogP contribution in [0.1, 0.15) is 28.8 Å². The van der Waals surface area contributed by atoms with Gasteiger partial charge in [-0.05, 0) is 31.4 Å². The molecule has 1 aromatic rings. The molecule has 0 N–H and O–H groups in total. The van der Waals surface area contributed by atoms with Crippen LogP contribution in [-0.2, 0) is 0 Å². The molecule has 0 spiro atoms. The van der Waals surface area contributed by atoms with E-state index in [2.05, 4.69) is 15.9 Å². The van der Waals surface area contributed by atoms with E-state index in [-0.39, 0.29) is 11.6 Å². The Morgan fingerprint density at radius 2 is 2.21 bits per heavy atom. The van der Waals surface area contributed by atoms with Crippen LogP contribution >= 0.6 is 15.9 Å². The van der Waals surface area contributed by atoms with Gasteiger partial charge in [0.15, 0.2) is 0 Å². The maximum atomic E-state index is 12.5. The van der Waals surface area contributed by atoms with Gasteiger partial charge in [-0.25, -0.2) is 0 Å². The minimum Gasteiger partial charge on any atom is -0.335 e. The van der Waals surface area contributed by atoms with Crippen LogP contribution in [0.5, 0.6) is 0 Å². The summed E-state index contributed by atoms with van der Waals surface area (Å²) in [4.78, 5) is 24.6. The second-order valence-corrected chi connectivity index (χ2v) is 5.47. The summed E-state index contributed by atoms with van der Waals surface area (Å²) < 4.78 is 0. The summed E-state index contributed by atoms with van der Waals surface area (Å²) in [7, 11) is 0. The van der Waals surface area contributed by atoms with Crippen molar-refractivity contribution in [1.29, 1.82) is 0 Å². The van der Waals surface area contributed by atoms with Crippen molar-refractivity contribution in [3.8, 4) is 0 Å². The maximum absolute atomic E-state index is 12.5. The normalized spacial score (nSPS) is 14.2. The number of rotatable bonds is 5. The Labute approximate surface area is 119 Å². The van der Waals surface area contributed by atoms with E-state index in [0.717, 1.165) is 18.2 Å². The molecule has 1 fully saturated rings. The molecule has 0 radical (unpaired) electrons. The van der Waals surface area contributed by atoms with Crippen LogP contribution in [0.3, 0.4) is 0 Å². The molecule has 0 heterocycles. The number of hydrogen-bond acceptors (Lipinski definition) is 3. The average molecular weight is 327 g/mol. The van der Waals surface area contributed by atoms with Crippen molar-refractivity contribution < 1.29 is 9.72 Å². The molecule has 6 heteroatoms. The first-order valence-corrected chi connectivity index (χ1v) is 7.28. The lowest BCUT2D eigenvalue weighted by Gasteiger charge is -2.22. The summed E-state index contributed by atoms with van der Waals surface area (Å²) in [5, 5.41) is 11.4. The lowest BCUT2D eigenvalue weighted by Crippen LogP contribution is -2.35. The molecule has 1 aliphatic rings. The van der Waals surface area contributed by atoms with Crippen LogP contribution in [0, 0.1) is 17.0 Å². The van der Waals surface area contributed by atoms with Crippen LogP contribution in [0.25, 0.3) is 0 Å². The van der Waals surface area contributed by atoms with Crippen LogP contribution in [0.4, 0.5) is 5.69 Å². The van der Waals surface area contributed by atoms with Gasteiger partial charge in [-0.1, -0.05) is 15.9 Å². The number of nitro benzene ring substituents is 1. The molecular weight excluding hydrogens is 312 g/mol. The number of carbonyl (C=O) groups is 1. The number of nitrogens with zero attached hydrogens (tertiary/aromatic N) is 2.